The zero-order chi connectivity index (χ0) is 13.0. The third-order valence-electron chi connectivity index (χ3n) is 2.86. The minimum absolute atomic E-state index is 0.358. The lowest BCUT2D eigenvalue weighted by atomic mass is 9.98. The van der Waals surface area contributed by atoms with Crippen molar-refractivity contribution < 1.29 is 14.6 Å². The van der Waals surface area contributed by atoms with Gasteiger partial charge in [-0.05, 0) is 23.3 Å². The molecule has 18 heavy (non-hydrogen) atoms. The summed E-state index contributed by atoms with van der Waals surface area (Å²) >= 11 is 0. The highest BCUT2D eigenvalue weighted by Gasteiger charge is 2.18. The van der Waals surface area contributed by atoms with Crippen molar-refractivity contribution in [3.8, 4) is 0 Å². The molecule has 2 aromatic rings. The lowest BCUT2D eigenvalue weighted by Gasteiger charge is -2.18. The van der Waals surface area contributed by atoms with Crippen LogP contribution in [0.3, 0.4) is 0 Å². The van der Waals surface area contributed by atoms with E-state index in [2.05, 4.69) is 0 Å². The Morgan fingerprint density at radius 1 is 0.889 bits per heavy atom. The summed E-state index contributed by atoms with van der Waals surface area (Å²) in [5, 5.41) is 19.9. The molecule has 0 saturated carbocycles. The molecule has 0 spiro atoms. The van der Waals surface area contributed by atoms with Crippen LogP contribution in [-0.4, -0.2) is 16.3 Å². The Kier molecular flexibility index (Phi) is 4.07. The Labute approximate surface area is 105 Å². The maximum absolute atomic E-state index is 12.8. The van der Waals surface area contributed by atoms with Crippen molar-refractivity contribution in [2.75, 3.05) is 0 Å². The van der Waals surface area contributed by atoms with E-state index in [0.717, 1.165) is 5.56 Å². The van der Waals surface area contributed by atoms with Crippen molar-refractivity contribution in [3.05, 3.63) is 71.5 Å². The van der Waals surface area contributed by atoms with Crippen molar-refractivity contribution in [1.82, 2.24) is 0 Å². The topological polar surface area (TPSA) is 40.5 Å². The second-order valence-corrected chi connectivity index (χ2v) is 4.25. The predicted molar refractivity (Wildman–Crippen MR) is 67.5 cm³/mol. The summed E-state index contributed by atoms with van der Waals surface area (Å²) < 4.78 is 12.8. The Hall–Kier alpha value is -1.71. The zero-order valence-corrected chi connectivity index (χ0v) is 9.83. The van der Waals surface area contributed by atoms with Crippen molar-refractivity contribution in [1.29, 1.82) is 0 Å². The van der Waals surface area contributed by atoms with E-state index in [-0.39, 0.29) is 5.82 Å². The Bertz CT molecular complexity index is 482. The van der Waals surface area contributed by atoms with Gasteiger partial charge in [0.25, 0.3) is 0 Å². The van der Waals surface area contributed by atoms with Crippen LogP contribution in [0.25, 0.3) is 0 Å². The van der Waals surface area contributed by atoms with Gasteiger partial charge in [-0.3, -0.25) is 0 Å². The van der Waals surface area contributed by atoms with Gasteiger partial charge in [0.1, 0.15) is 11.9 Å². The van der Waals surface area contributed by atoms with Crippen LogP contribution in [0.5, 0.6) is 0 Å². The van der Waals surface area contributed by atoms with Gasteiger partial charge in [-0.15, -0.1) is 0 Å². The summed E-state index contributed by atoms with van der Waals surface area (Å²) in [7, 11) is 0. The van der Waals surface area contributed by atoms with E-state index < -0.39 is 12.2 Å². The van der Waals surface area contributed by atoms with E-state index in [1.807, 2.05) is 30.3 Å². The highest BCUT2D eigenvalue weighted by molar-refractivity contribution is 5.21. The fourth-order valence-electron chi connectivity index (χ4n) is 1.85. The highest BCUT2D eigenvalue weighted by atomic mass is 19.1. The van der Waals surface area contributed by atoms with Crippen molar-refractivity contribution in [2.45, 2.75) is 18.6 Å². The molecule has 94 valence electrons. The monoisotopic (exact) mass is 246 g/mol. The average Bonchev–Trinajstić information content (AvgIpc) is 2.40. The molecule has 0 aliphatic rings. The van der Waals surface area contributed by atoms with Crippen LogP contribution >= 0.6 is 0 Å². The van der Waals surface area contributed by atoms with Gasteiger partial charge < -0.3 is 10.2 Å². The molecular weight excluding hydrogens is 231 g/mol. The first-order chi connectivity index (χ1) is 8.66. The first-order valence-electron chi connectivity index (χ1n) is 5.82. The van der Waals surface area contributed by atoms with Crippen molar-refractivity contribution in [3.63, 3.8) is 0 Å². The fraction of sp³-hybridized carbons (Fsp3) is 0.200. The number of hydrogen-bond donors (Lipinski definition) is 2. The van der Waals surface area contributed by atoms with E-state index >= 15 is 0 Å². The molecule has 2 nitrogen and oxygen atoms in total. The van der Waals surface area contributed by atoms with Crippen LogP contribution in [0.4, 0.5) is 4.39 Å². The van der Waals surface area contributed by atoms with Crippen LogP contribution in [0.1, 0.15) is 17.2 Å². The third kappa shape index (κ3) is 3.15. The van der Waals surface area contributed by atoms with Crippen LogP contribution in [0, 0.1) is 5.82 Å². The molecule has 0 aromatic heterocycles. The van der Waals surface area contributed by atoms with E-state index in [9.17, 15) is 14.6 Å². The maximum atomic E-state index is 12.8. The quantitative estimate of drug-likeness (QED) is 0.870. The average molecular weight is 246 g/mol. The minimum atomic E-state index is -1.01. The summed E-state index contributed by atoms with van der Waals surface area (Å²) in [6, 6.07) is 14.9. The molecule has 0 aliphatic heterocycles. The zero-order valence-electron chi connectivity index (χ0n) is 9.83. The molecule has 0 radical (unpaired) electrons. The molecule has 0 amide bonds. The summed E-state index contributed by atoms with van der Waals surface area (Å²) in [4.78, 5) is 0. The van der Waals surface area contributed by atoms with Gasteiger partial charge in [0.05, 0.1) is 6.10 Å². The number of benzene rings is 2. The third-order valence-corrected chi connectivity index (χ3v) is 2.86. The van der Waals surface area contributed by atoms with Gasteiger partial charge in [0.15, 0.2) is 0 Å². The van der Waals surface area contributed by atoms with Crippen molar-refractivity contribution in [2.24, 2.45) is 0 Å². The number of rotatable bonds is 4. The molecule has 0 heterocycles. The molecule has 0 aliphatic carbocycles. The first-order valence-corrected chi connectivity index (χ1v) is 5.82. The summed E-state index contributed by atoms with van der Waals surface area (Å²) in [5.74, 6) is -0.358. The second-order valence-electron chi connectivity index (χ2n) is 4.25. The Morgan fingerprint density at radius 3 is 2.11 bits per heavy atom. The molecule has 0 saturated heterocycles. The van der Waals surface area contributed by atoms with Gasteiger partial charge in [-0.1, -0.05) is 42.5 Å². The van der Waals surface area contributed by atoms with Gasteiger partial charge >= 0.3 is 0 Å². The molecule has 2 rings (SSSR count). The standard InChI is InChI=1S/C15H15FO2/c16-13-8-6-12(7-9-13)15(18)14(17)10-11-4-2-1-3-5-11/h1-9,14-15,17-18H,10H2. The molecule has 0 fully saturated rings. The lowest BCUT2D eigenvalue weighted by Crippen LogP contribution is -2.20. The number of hydrogen-bond acceptors (Lipinski definition) is 2. The SMILES string of the molecule is OC(Cc1ccccc1)C(O)c1ccc(F)cc1. The molecule has 2 N–H and O–H groups in total. The molecule has 2 aromatic carbocycles. The maximum Gasteiger partial charge on any atom is 0.123 e. The van der Waals surface area contributed by atoms with Crippen LogP contribution in [0.15, 0.2) is 54.6 Å². The largest absolute Gasteiger partial charge is 0.390 e. The highest BCUT2D eigenvalue weighted by Crippen LogP contribution is 2.20. The van der Waals surface area contributed by atoms with Crippen LogP contribution in [-0.2, 0) is 6.42 Å². The molecule has 3 heteroatoms. The first kappa shape index (κ1) is 12.7. The van der Waals surface area contributed by atoms with E-state index in [0.29, 0.717) is 12.0 Å². The lowest BCUT2D eigenvalue weighted by molar-refractivity contribution is 0.0189. The molecule has 0 bridgehead atoms. The normalized spacial score (nSPS) is 14.2. The van der Waals surface area contributed by atoms with Gasteiger partial charge in [-0.2, -0.15) is 0 Å². The Balaban J connectivity index is 2.05. The van der Waals surface area contributed by atoms with Crippen LogP contribution < -0.4 is 0 Å². The Morgan fingerprint density at radius 2 is 1.50 bits per heavy atom. The van der Waals surface area contributed by atoms with Gasteiger partial charge in [0, 0.05) is 6.42 Å². The van der Waals surface area contributed by atoms with E-state index in [4.69, 9.17) is 0 Å². The number of halogens is 1. The molecule has 2 unspecified atom stereocenters. The van der Waals surface area contributed by atoms with Crippen LogP contribution in [0.2, 0.25) is 0 Å². The predicted octanol–water partition coefficient (Wildman–Crippen LogP) is 2.46. The second kappa shape index (κ2) is 5.76. The van der Waals surface area contributed by atoms with Crippen molar-refractivity contribution >= 4 is 0 Å². The van der Waals surface area contributed by atoms with E-state index in [1.165, 1.54) is 24.3 Å². The molecule has 2 atom stereocenters. The van der Waals surface area contributed by atoms with Gasteiger partial charge in [-0.25, -0.2) is 4.39 Å². The minimum Gasteiger partial charge on any atom is -0.390 e. The fourth-order valence-corrected chi connectivity index (χ4v) is 1.85. The number of aliphatic hydroxyl groups excluding tert-OH is 2. The summed E-state index contributed by atoms with van der Waals surface area (Å²) in [6.07, 6.45) is -1.55. The number of aliphatic hydroxyl groups is 2. The summed E-state index contributed by atoms with van der Waals surface area (Å²) in [5.41, 5.74) is 1.46. The molecular formula is C15H15FO2. The summed E-state index contributed by atoms with van der Waals surface area (Å²) in [6.45, 7) is 0. The van der Waals surface area contributed by atoms with E-state index in [1.54, 1.807) is 0 Å². The smallest absolute Gasteiger partial charge is 0.123 e. The van der Waals surface area contributed by atoms with Gasteiger partial charge in [0.2, 0.25) is 0 Å².